The van der Waals surface area contributed by atoms with E-state index in [4.69, 9.17) is 4.74 Å². The van der Waals surface area contributed by atoms with E-state index < -0.39 is 12.1 Å². The van der Waals surface area contributed by atoms with Crippen LogP contribution >= 0.6 is 11.3 Å². The summed E-state index contributed by atoms with van der Waals surface area (Å²) in [4.78, 5) is 36.4. The van der Waals surface area contributed by atoms with E-state index in [-0.39, 0.29) is 24.3 Å². The molecule has 128 valence electrons. The summed E-state index contributed by atoms with van der Waals surface area (Å²) in [7, 11) is 0. The van der Waals surface area contributed by atoms with Gasteiger partial charge >= 0.3 is 5.97 Å². The molecular weight excluding hydrogens is 340 g/mol. The minimum absolute atomic E-state index is 0.0182. The van der Waals surface area contributed by atoms with Gasteiger partial charge < -0.3 is 15.4 Å². The second-order valence-corrected chi connectivity index (χ2v) is 7.06. The highest BCUT2D eigenvalue weighted by Gasteiger charge is 2.32. The molecule has 0 spiro atoms. The van der Waals surface area contributed by atoms with E-state index in [0.717, 1.165) is 18.4 Å². The number of hydrogen-bond donors (Lipinski definition) is 2. The molecule has 4 rings (SSSR count). The monoisotopic (exact) mass is 356 g/mol. The molecule has 0 bridgehead atoms. The van der Waals surface area contributed by atoms with Crippen LogP contribution in [0.2, 0.25) is 0 Å². The molecule has 1 aliphatic carbocycles. The number of fused-ring (bicyclic) bond motifs is 1. The Morgan fingerprint density at radius 3 is 2.80 bits per heavy atom. The molecule has 1 aromatic carbocycles. The number of carbonyl (C=O) groups is 3. The Hall–Kier alpha value is -2.67. The zero-order valence-electron chi connectivity index (χ0n) is 13.3. The minimum atomic E-state index is -0.590. The molecule has 2 aliphatic rings. The third-order valence-corrected chi connectivity index (χ3v) is 5.05. The van der Waals surface area contributed by atoms with Gasteiger partial charge in [-0.05, 0) is 30.4 Å². The first-order chi connectivity index (χ1) is 12.1. The first kappa shape index (κ1) is 15.8. The summed E-state index contributed by atoms with van der Waals surface area (Å²) in [5.41, 5.74) is 1.69. The maximum absolute atomic E-state index is 12.4. The molecule has 1 aliphatic heterocycles. The van der Waals surface area contributed by atoms with Crippen LogP contribution in [0.5, 0.6) is 0 Å². The standard InChI is InChI=1S/C18H16N2O4S/c21-15(9-14-11-3-1-2-4-12(11)18(23)24-14)20-17-13(7-8-25-17)16(22)19-10-5-6-10/h1-4,7-8,10,14H,5-6,9H2,(H,19,22)(H,20,21). The first-order valence-electron chi connectivity index (χ1n) is 8.10. The van der Waals surface area contributed by atoms with E-state index in [1.165, 1.54) is 11.3 Å². The predicted molar refractivity (Wildman–Crippen MR) is 92.7 cm³/mol. The van der Waals surface area contributed by atoms with Crippen LogP contribution in [-0.2, 0) is 9.53 Å². The molecule has 2 aromatic rings. The lowest BCUT2D eigenvalue weighted by molar-refractivity contribution is -0.118. The molecule has 1 fully saturated rings. The van der Waals surface area contributed by atoms with Gasteiger partial charge in [0.15, 0.2) is 0 Å². The normalized spacial score (nSPS) is 18.4. The Bertz CT molecular complexity index is 856. The van der Waals surface area contributed by atoms with Crippen molar-refractivity contribution in [2.24, 2.45) is 0 Å². The Balaban J connectivity index is 1.43. The first-order valence-corrected chi connectivity index (χ1v) is 8.98. The topological polar surface area (TPSA) is 84.5 Å². The van der Waals surface area contributed by atoms with E-state index in [2.05, 4.69) is 10.6 Å². The second-order valence-electron chi connectivity index (χ2n) is 6.14. The molecular formula is C18H16N2O4S. The molecule has 6 nitrogen and oxygen atoms in total. The highest BCUT2D eigenvalue weighted by Crippen LogP contribution is 2.33. The van der Waals surface area contributed by atoms with Gasteiger partial charge in [-0.25, -0.2) is 4.79 Å². The Morgan fingerprint density at radius 2 is 2.00 bits per heavy atom. The van der Waals surface area contributed by atoms with Crippen molar-refractivity contribution in [1.82, 2.24) is 5.32 Å². The number of benzene rings is 1. The summed E-state index contributed by atoms with van der Waals surface area (Å²) in [6, 6.07) is 9.01. The van der Waals surface area contributed by atoms with Crippen LogP contribution in [0.4, 0.5) is 5.00 Å². The van der Waals surface area contributed by atoms with Gasteiger partial charge in [0.05, 0.1) is 17.5 Å². The third kappa shape index (κ3) is 3.28. The molecule has 1 aromatic heterocycles. The summed E-state index contributed by atoms with van der Waals surface area (Å²) in [6.45, 7) is 0. The van der Waals surface area contributed by atoms with Crippen molar-refractivity contribution in [2.75, 3.05) is 5.32 Å². The van der Waals surface area contributed by atoms with Gasteiger partial charge in [-0.15, -0.1) is 11.3 Å². The van der Waals surface area contributed by atoms with Crippen molar-refractivity contribution in [3.63, 3.8) is 0 Å². The molecule has 1 atom stereocenters. The Kier molecular flexibility index (Phi) is 4.01. The van der Waals surface area contributed by atoms with Gasteiger partial charge in [0.25, 0.3) is 5.91 Å². The zero-order valence-corrected chi connectivity index (χ0v) is 14.1. The lowest BCUT2D eigenvalue weighted by atomic mass is 10.0. The predicted octanol–water partition coefficient (Wildman–Crippen LogP) is 2.88. The molecule has 7 heteroatoms. The highest BCUT2D eigenvalue weighted by atomic mass is 32.1. The van der Waals surface area contributed by atoms with E-state index >= 15 is 0 Å². The number of anilines is 1. The molecule has 2 heterocycles. The van der Waals surface area contributed by atoms with Gasteiger partial charge in [0.2, 0.25) is 5.91 Å². The fourth-order valence-corrected chi connectivity index (χ4v) is 3.59. The van der Waals surface area contributed by atoms with Crippen molar-refractivity contribution >= 4 is 34.1 Å². The van der Waals surface area contributed by atoms with Gasteiger partial charge in [-0.3, -0.25) is 9.59 Å². The average molecular weight is 356 g/mol. The quantitative estimate of drug-likeness (QED) is 0.807. The number of ether oxygens (including phenoxy) is 1. The zero-order chi connectivity index (χ0) is 17.4. The number of amides is 2. The summed E-state index contributed by atoms with van der Waals surface area (Å²) in [5, 5.41) is 7.95. The molecule has 0 radical (unpaired) electrons. The maximum atomic E-state index is 12.4. The van der Waals surface area contributed by atoms with Crippen molar-refractivity contribution < 1.29 is 19.1 Å². The number of carbonyl (C=O) groups excluding carboxylic acids is 3. The van der Waals surface area contributed by atoms with Gasteiger partial charge in [-0.1, -0.05) is 18.2 Å². The number of cyclic esters (lactones) is 1. The van der Waals surface area contributed by atoms with Gasteiger partial charge in [-0.2, -0.15) is 0 Å². The smallest absolute Gasteiger partial charge is 0.339 e. The molecule has 1 unspecified atom stereocenters. The van der Waals surface area contributed by atoms with Crippen LogP contribution in [0.15, 0.2) is 35.7 Å². The molecule has 2 N–H and O–H groups in total. The van der Waals surface area contributed by atoms with Crippen molar-refractivity contribution in [1.29, 1.82) is 0 Å². The SMILES string of the molecule is O=C(CC1OC(=O)c2ccccc21)Nc1sccc1C(=O)NC1CC1. The maximum Gasteiger partial charge on any atom is 0.339 e. The van der Waals surface area contributed by atoms with Crippen molar-refractivity contribution in [3.05, 3.63) is 52.4 Å². The van der Waals surface area contributed by atoms with Crippen LogP contribution in [0.1, 0.15) is 51.6 Å². The summed E-state index contributed by atoms with van der Waals surface area (Å²) in [6.07, 6.45) is 1.44. The second kappa shape index (κ2) is 6.33. The lowest BCUT2D eigenvalue weighted by Gasteiger charge is -2.11. The fourth-order valence-electron chi connectivity index (χ4n) is 2.79. The summed E-state index contributed by atoms with van der Waals surface area (Å²) >= 11 is 1.30. The molecule has 2 amide bonds. The average Bonchev–Trinajstić information content (AvgIpc) is 3.19. The lowest BCUT2D eigenvalue weighted by Crippen LogP contribution is -2.26. The van der Waals surface area contributed by atoms with Crippen LogP contribution in [-0.4, -0.2) is 23.8 Å². The molecule has 0 saturated heterocycles. The molecule has 25 heavy (non-hydrogen) atoms. The van der Waals surface area contributed by atoms with E-state index in [1.54, 1.807) is 29.6 Å². The number of hydrogen-bond acceptors (Lipinski definition) is 5. The van der Waals surface area contributed by atoms with Crippen molar-refractivity contribution in [2.45, 2.75) is 31.4 Å². The van der Waals surface area contributed by atoms with Gasteiger partial charge in [0, 0.05) is 11.6 Å². The molecule has 1 saturated carbocycles. The van der Waals surface area contributed by atoms with Crippen LogP contribution in [0, 0.1) is 0 Å². The largest absolute Gasteiger partial charge is 0.453 e. The van der Waals surface area contributed by atoms with Crippen LogP contribution in [0.3, 0.4) is 0 Å². The number of esters is 1. The Morgan fingerprint density at radius 1 is 1.20 bits per heavy atom. The van der Waals surface area contributed by atoms with E-state index in [1.807, 2.05) is 6.07 Å². The van der Waals surface area contributed by atoms with E-state index in [9.17, 15) is 14.4 Å². The van der Waals surface area contributed by atoms with Gasteiger partial charge in [0.1, 0.15) is 11.1 Å². The fraction of sp³-hybridized carbons (Fsp3) is 0.278. The number of nitrogens with one attached hydrogen (secondary N) is 2. The minimum Gasteiger partial charge on any atom is -0.453 e. The number of rotatable bonds is 5. The van der Waals surface area contributed by atoms with Crippen LogP contribution < -0.4 is 10.6 Å². The van der Waals surface area contributed by atoms with Crippen molar-refractivity contribution in [3.8, 4) is 0 Å². The van der Waals surface area contributed by atoms with E-state index in [0.29, 0.717) is 16.1 Å². The van der Waals surface area contributed by atoms with Crippen LogP contribution in [0.25, 0.3) is 0 Å². The highest BCUT2D eigenvalue weighted by molar-refractivity contribution is 7.14. The Labute approximate surface area is 148 Å². The summed E-state index contributed by atoms with van der Waals surface area (Å²) in [5.74, 6) is -0.872. The third-order valence-electron chi connectivity index (χ3n) is 4.22. The number of thiophene rings is 1. The summed E-state index contributed by atoms with van der Waals surface area (Å²) < 4.78 is 5.28.